The van der Waals surface area contributed by atoms with Crippen molar-refractivity contribution in [2.45, 2.75) is 30.9 Å². The maximum Gasteiger partial charge on any atom is 1.00 e. The van der Waals surface area contributed by atoms with Crippen LogP contribution in [0.5, 0.6) is 6.01 Å². The molecular formula is C12H17N5NaO5P. The summed E-state index contributed by atoms with van der Waals surface area (Å²) < 4.78 is 17.8. The van der Waals surface area contributed by atoms with Gasteiger partial charge in [0.05, 0.1) is 19.0 Å². The van der Waals surface area contributed by atoms with Crippen LogP contribution in [0, 0.1) is 0 Å². The molecule has 0 bridgehead atoms. The summed E-state index contributed by atoms with van der Waals surface area (Å²) in [5, 5.41) is 10.4. The van der Waals surface area contributed by atoms with Gasteiger partial charge in [-0.2, -0.15) is 9.97 Å². The van der Waals surface area contributed by atoms with E-state index in [4.69, 9.17) is 15.4 Å². The first-order chi connectivity index (χ1) is 10.7. The van der Waals surface area contributed by atoms with E-state index in [9.17, 15) is 14.6 Å². The van der Waals surface area contributed by atoms with Crippen molar-refractivity contribution < 1.29 is 53.8 Å². The van der Waals surface area contributed by atoms with Gasteiger partial charge in [-0.1, -0.05) is 0 Å². The van der Waals surface area contributed by atoms with Gasteiger partial charge >= 0.3 is 35.6 Å². The number of ether oxygens (including phenoxy) is 1. The smallest absolute Gasteiger partial charge is 0.779 e. The number of nitrogens with zero attached hydrogens (tertiary/aromatic N) is 4. The van der Waals surface area contributed by atoms with E-state index < -0.39 is 19.4 Å². The Morgan fingerprint density at radius 2 is 2.29 bits per heavy atom. The summed E-state index contributed by atoms with van der Waals surface area (Å²) in [6.07, 6.45) is 1.80. The zero-order valence-corrected chi connectivity index (χ0v) is 16.3. The number of nitrogen functional groups attached to an aromatic ring is 1. The van der Waals surface area contributed by atoms with Crippen LogP contribution < -0.4 is 44.9 Å². The number of rotatable bonds is 4. The average molecular weight is 365 g/mol. The van der Waals surface area contributed by atoms with Crippen molar-refractivity contribution in [2.24, 2.45) is 0 Å². The van der Waals surface area contributed by atoms with Crippen molar-refractivity contribution in [3.8, 4) is 6.01 Å². The summed E-state index contributed by atoms with van der Waals surface area (Å²) >= 11 is 0. The number of aliphatic hydroxyl groups is 1. The summed E-state index contributed by atoms with van der Waals surface area (Å²) in [6.45, 7) is 0. The van der Waals surface area contributed by atoms with Crippen LogP contribution in [-0.4, -0.2) is 48.4 Å². The van der Waals surface area contributed by atoms with Gasteiger partial charge in [0.1, 0.15) is 7.60 Å². The van der Waals surface area contributed by atoms with Crippen LogP contribution in [0.2, 0.25) is 0 Å². The van der Waals surface area contributed by atoms with Gasteiger partial charge in [-0.3, -0.25) is 0 Å². The number of nitrogens with two attached hydrogens (primary N) is 1. The molecule has 1 saturated carbocycles. The summed E-state index contributed by atoms with van der Waals surface area (Å²) in [5.74, 6) is 0.179. The Kier molecular flexibility index (Phi) is 5.61. The molecule has 0 amide bonds. The molecule has 2 aromatic heterocycles. The van der Waals surface area contributed by atoms with E-state index in [2.05, 4.69) is 15.0 Å². The third-order valence-electron chi connectivity index (χ3n) is 4.06. The fourth-order valence-corrected chi connectivity index (χ4v) is 4.14. The topological polar surface area (TPSA) is 159 Å². The molecule has 1 aliphatic carbocycles. The average Bonchev–Trinajstić information content (AvgIpc) is 3.00. The zero-order chi connectivity index (χ0) is 16.8. The Bertz CT molecular complexity index is 795. The number of hydrogen-bond acceptors (Lipinski definition) is 8. The summed E-state index contributed by atoms with van der Waals surface area (Å²) in [5.41, 5.74) is 5.22. The predicted octanol–water partition coefficient (Wildman–Crippen LogP) is -3.58. The molecule has 1 aliphatic rings. The molecular weight excluding hydrogens is 348 g/mol. The van der Waals surface area contributed by atoms with Crippen LogP contribution in [0.15, 0.2) is 6.33 Å². The Morgan fingerprint density at radius 3 is 2.92 bits per heavy atom. The van der Waals surface area contributed by atoms with E-state index in [1.54, 1.807) is 4.57 Å². The molecule has 1 fully saturated rings. The maximum atomic E-state index is 11.1. The van der Waals surface area contributed by atoms with Gasteiger partial charge in [0.25, 0.3) is 0 Å². The number of methoxy groups -OCH3 is 1. The first kappa shape index (κ1) is 19.6. The van der Waals surface area contributed by atoms with Gasteiger partial charge < -0.3 is 34.5 Å². The van der Waals surface area contributed by atoms with Crippen LogP contribution in [0.25, 0.3) is 11.2 Å². The summed E-state index contributed by atoms with van der Waals surface area (Å²) in [4.78, 5) is 32.4. The molecule has 3 rings (SSSR count). The van der Waals surface area contributed by atoms with Gasteiger partial charge in [-0.25, -0.2) is 4.98 Å². The van der Waals surface area contributed by atoms with Crippen LogP contribution in [0.1, 0.15) is 25.3 Å². The quantitative estimate of drug-likeness (QED) is 0.368. The second kappa shape index (κ2) is 6.87. The number of aromatic nitrogens is 4. The van der Waals surface area contributed by atoms with Crippen LogP contribution in [0.4, 0.5) is 5.82 Å². The maximum absolute atomic E-state index is 11.1. The summed E-state index contributed by atoms with van der Waals surface area (Å²) in [7, 11) is -3.12. The van der Waals surface area contributed by atoms with Crippen LogP contribution >= 0.6 is 7.60 Å². The van der Waals surface area contributed by atoms with Crippen molar-refractivity contribution in [3.63, 3.8) is 0 Å². The standard InChI is InChI=1S/C12H18N5O5P.Na/c1-22-11-15-9(13)8-10(16-11)17(6-14-8)7-2-3-12(18,4-7)5-23(19,20)21;/h6-7,18H,2-5H2,1H3,(H2,13,15,16)(H2,19,20,21);/q;+1/p-1/t7-,12-;/m0./s1. The Balaban J connectivity index is 0.00000208. The predicted molar refractivity (Wildman–Crippen MR) is 78.8 cm³/mol. The Morgan fingerprint density at radius 1 is 1.58 bits per heavy atom. The molecule has 24 heavy (non-hydrogen) atoms. The second-order valence-corrected chi connectivity index (χ2v) is 7.43. The van der Waals surface area contributed by atoms with E-state index in [0.29, 0.717) is 17.6 Å². The zero-order valence-electron chi connectivity index (χ0n) is 13.4. The minimum atomic E-state index is -4.54. The third-order valence-corrected chi connectivity index (χ3v) is 5.04. The van der Waals surface area contributed by atoms with E-state index in [0.717, 1.165) is 0 Å². The normalized spacial score (nSPS) is 26.1. The molecule has 0 radical (unpaired) electrons. The first-order valence-corrected chi connectivity index (χ1v) is 8.76. The number of fused-ring (bicyclic) bond motifs is 1. The number of hydrogen-bond donors (Lipinski definition) is 3. The molecule has 12 heteroatoms. The monoisotopic (exact) mass is 365 g/mol. The van der Waals surface area contributed by atoms with Gasteiger partial charge in [0, 0.05) is 12.2 Å². The Labute approximate surface area is 159 Å². The molecule has 10 nitrogen and oxygen atoms in total. The molecule has 126 valence electrons. The third kappa shape index (κ3) is 3.91. The minimum Gasteiger partial charge on any atom is -0.779 e. The fourth-order valence-electron chi connectivity index (χ4n) is 3.11. The SMILES string of the molecule is COc1nc(N)c2ncn([C@H]3CC[C@@](O)(CP(=O)([O-])O)C3)c2n1.[Na+]. The molecule has 3 atom stereocenters. The van der Waals surface area contributed by atoms with Gasteiger partial charge in [-0.15, -0.1) is 0 Å². The molecule has 0 aromatic carbocycles. The number of anilines is 1. The van der Waals surface area contributed by atoms with Crippen LogP contribution in [0.3, 0.4) is 0 Å². The fraction of sp³-hybridized carbons (Fsp3) is 0.583. The van der Waals surface area contributed by atoms with E-state index in [-0.39, 0.29) is 60.3 Å². The van der Waals surface area contributed by atoms with Gasteiger partial charge in [-0.05, 0) is 19.3 Å². The molecule has 2 aromatic rings. The number of imidazole rings is 1. The second-order valence-electron chi connectivity index (χ2n) is 5.84. The van der Waals surface area contributed by atoms with Gasteiger partial charge in [0.2, 0.25) is 0 Å². The minimum absolute atomic E-state index is 0. The molecule has 0 saturated heterocycles. The molecule has 0 spiro atoms. The van der Waals surface area contributed by atoms with Crippen molar-refractivity contribution in [1.29, 1.82) is 0 Å². The first-order valence-electron chi connectivity index (χ1n) is 7.00. The van der Waals surface area contributed by atoms with Crippen molar-refractivity contribution in [2.75, 3.05) is 19.0 Å². The van der Waals surface area contributed by atoms with E-state index in [1.807, 2.05) is 0 Å². The molecule has 4 N–H and O–H groups in total. The van der Waals surface area contributed by atoms with Crippen molar-refractivity contribution >= 4 is 24.6 Å². The summed E-state index contributed by atoms with van der Waals surface area (Å²) in [6, 6.07) is -0.111. The molecule has 0 aliphatic heterocycles. The van der Waals surface area contributed by atoms with Gasteiger partial charge in [0.15, 0.2) is 17.0 Å². The molecule has 2 heterocycles. The van der Waals surface area contributed by atoms with Crippen LogP contribution in [-0.2, 0) is 4.57 Å². The van der Waals surface area contributed by atoms with Crippen molar-refractivity contribution in [3.05, 3.63) is 6.33 Å². The van der Waals surface area contributed by atoms with E-state index in [1.165, 1.54) is 13.4 Å². The van der Waals surface area contributed by atoms with E-state index >= 15 is 0 Å². The largest absolute Gasteiger partial charge is 1.00 e. The Hall–Kier alpha value is -0.740. The van der Waals surface area contributed by atoms with Crippen molar-refractivity contribution in [1.82, 2.24) is 19.5 Å². The molecule has 1 unspecified atom stereocenters.